The van der Waals surface area contributed by atoms with Crippen LogP contribution < -0.4 is 10.6 Å². The van der Waals surface area contributed by atoms with E-state index >= 15 is 0 Å². The van der Waals surface area contributed by atoms with E-state index in [1.807, 2.05) is 5.32 Å². The van der Waals surface area contributed by atoms with Crippen molar-refractivity contribution in [3.63, 3.8) is 0 Å². The maximum atomic E-state index is 11.1. The zero-order valence-corrected chi connectivity index (χ0v) is 9.26. The largest absolute Gasteiger partial charge is 0.464 e. The molecule has 0 fully saturated rings. The van der Waals surface area contributed by atoms with E-state index in [9.17, 15) is 14.4 Å². The monoisotopic (exact) mass is 236 g/mol. The number of alkyl halides is 1. The SMILES string of the molecule is CCOC(=O)C(C)NC(=O)NC(=O)CCl. The Hall–Kier alpha value is -1.30. The second-order valence-electron chi connectivity index (χ2n) is 2.63. The number of hydrogen-bond donors (Lipinski definition) is 2. The fraction of sp³-hybridized carbons (Fsp3) is 0.625. The Bertz CT molecular complexity index is 257. The van der Waals surface area contributed by atoms with Crippen LogP contribution in [0.1, 0.15) is 13.8 Å². The molecule has 0 saturated heterocycles. The molecule has 0 aromatic heterocycles. The second kappa shape index (κ2) is 7.05. The summed E-state index contributed by atoms with van der Waals surface area (Å²) in [6, 6.07) is -1.59. The van der Waals surface area contributed by atoms with Crippen molar-refractivity contribution in [1.82, 2.24) is 10.6 Å². The quantitative estimate of drug-likeness (QED) is 0.532. The van der Waals surface area contributed by atoms with Gasteiger partial charge in [-0.15, -0.1) is 11.6 Å². The Morgan fingerprint density at radius 3 is 2.47 bits per heavy atom. The molecule has 6 nitrogen and oxygen atoms in total. The number of hydrogen-bond acceptors (Lipinski definition) is 4. The summed E-state index contributed by atoms with van der Waals surface area (Å²) in [5, 5.41) is 4.15. The normalized spacial score (nSPS) is 11.4. The van der Waals surface area contributed by atoms with Crippen molar-refractivity contribution in [3.8, 4) is 0 Å². The van der Waals surface area contributed by atoms with Gasteiger partial charge in [-0.3, -0.25) is 10.1 Å². The number of rotatable bonds is 4. The maximum absolute atomic E-state index is 11.1. The van der Waals surface area contributed by atoms with Crippen LogP contribution in [0, 0.1) is 0 Å². The van der Waals surface area contributed by atoms with Crippen molar-refractivity contribution in [1.29, 1.82) is 0 Å². The van der Waals surface area contributed by atoms with Crippen LogP contribution in [0.2, 0.25) is 0 Å². The number of amides is 3. The molecule has 0 bridgehead atoms. The number of ether oxygens (including phenoxy) is 1. The highest BCUT2D eigenvalue weighted by atomic mass is 35.5. The van der Waals surface area contributed by atoms with Gasteiger partial charge in [-0.1, -0.05) is 0 Å². The second-order valence-corrected chi connectivity index (χ2v) is 2.90. The molecule has 7 heteroatoms. The summed E-state index contributed by atoms with van der Waals surface area (Å²) < 4.78 is 4.64. The van der Waals surface area contributed by atoms with Gasteiger partial charge in [0.1, 0.15) is 11.9 Å². The fourth-order valence-corrected chi connectivity index (χ4v) is 0.786. The van der Waals surface area contributed by atoms with Crippen LogP contribution >= 0.6 is 11.6 Å². The van der Waals surface area contributed by atoms with Crippen molar-refractivity contribution in [2.24, 2.45) is 0 Å². The molecule has 0 heterocycles. The summed E-state index contributed by atoms with van der Waals surface area (Å²) in [6.07, 6.45) is 0. The van der Waals surface area contributed by atoms with E-state index < -0.39 is 23.9 Å². The van der Waals surface area contributed by atoms with E-state index in [4.69, 9.17) is 11.6 Å². The number of urea groups is 1. The molecule has 0 aliphatic carbocycles. The Morgan fingerprint density at radius 2 is 2.00 bits per heavy atom. The highest BCUT2D eigenvalue weighted by Gasteiger charge is 2.17. The summed E-state index contributed by atoms with van der Waals surface area (Å²) >= 11 is 5.16. The van der Waals surface area contributed by atoms with Gasteiger partial charge in [-0.05, 0) is 13.8 Å². The highest BCUT2D eigenvalue weighted by Crippen LogP contribution is 1.87. The van der Waals surface area contributed by atoms with Gasteiger partial charge >= 0.3 is 12.0 Å². The topological polar surface area (TPSA) is 84.5 Å². The lowest BCUT2D eigenvalue weighted by molar-refractivity contribution is -0.144. The smallest absolute Gasteiger partial charge is 0.328 e. The van der Waals surface area contributed by atoms with Crippen molar-refractivity contribution in [2.75, 3.05) is 12.5 Å². The summed E-state index contributed by atoms with van der Waals surface area (Å²) in [5.74, 6) is -1.52. The molecule has 2 N–H and O–H groups in total. The van der Waals surface area contributed by atoms with E-state index in [0.717, 1.165) is 0 Å². The average Bonchev–Trinajstić information content (AvgIpc) is 2.17. The summed E-state index contributed by atoms with van der Waals surface area (Å²) in [7, 11) is 0. The first-order chi connectivity index (χ1) is 7.01. The van der Waals surface area contributed by atoms with Crippen LogP contribution in [0.15, 0.2) is 0 Å². The van der Waals surface area contributed by atoms with Crippen molar-refractivity contribution in [3.05, 3.63) is 0 Å². The number of esters is 1. The van der Waals surface area contributed by atoms with Crippen molar-refractivity contribution < 1.29 is 19.1 Å². The molecule has 3 amide bonds. The minimum absolute atomic E-state index is 0.229. The first-order valence-corrected chi connectivity index (χ1v) is 4.87. The minimum atomic E-state index is -0.812. The van der Waals surface area contributed by atoms with Gasteiger partial charge in [0.15, 0.2) is 0 Å². The molecule has 0 aliphatic heterocycles. The molecular formula is C8H13ClN2O4. The van der Waals surface area contributed by atoms with E-state index in [1.165, 1.54) is 6.92 Å². The first-order valence-electron chi connectivity index (χ1n) is 4.34. The third kappa shape index (κ3) is 5.90. The zero-order chi connectivity index (χ0) is 11.8. The Kier molecular flexibility index (Phi) is 6.44. The van der Waals surface area contributed by atoms with Crippen molar-refractivity contribution >= 4 is 29.5 Å². The molecule has 0 aromatic carbocycles. The predicted molar refractivity (Wildman–Crippen MR) is 53.5 cm³/mol. The number of halogens is 1. The molecule has 1 unspecified atom stereocenters. The first kappa shape index (κ1) is 13.7. The summed E-state index contributed by atoms with van der Waals surface area (Å²) in [6.45, 7) is 3.33. The molecule has 0 rings (SSSR count). The van der Waals surface area contributed by atoms with Crippen molar-refractivity contribution in [2.45, 2.75) is 19.9 Å². The molecule has 86 valence electrons. The Balaban J connectivity index is 3.95. The molecule has 0 radical (unpaired) electrons. The van der Waals surface area contributed by atoms with Crippen LogP contribution in [-0.4, -0.2) is 36.4 Å². The number of imide groups is 1. The number of carbonyl (C=O) groups excluding carboxylic acids is 3. The lowest BCUT2D eigenvalue weighted by Gasteiger charge is -2.12. The zero-order valence-electron chi connectivity index (χ0n) is 8.50. The van der Waals surface area contributed by atoms with E-state index in [-0.39, 0.29) is 12.5 Å². The molecule has 15 heavy (non-hydrogen) atoms. The summed E-state index contributed by atoms with van der Waals surface area (Å²) in [4.78, 5) is 32.8. The van der Waals surface area contributed by atoms with Gasteiger partial charge in [0.05, 0.1) is 6.61 Å². The standard InChI is InChI=1S/C8H13ClN2O4/c1-3-15-7(13)5(2)10-8(14)11-6(12)4-9/h5H,3-4H2,1-2H3,(H2,10,11,12,14). The minimum Gasteiger partial charge on any atom is -0.464 e. The Morgan fingerprint density at radius 1 is 1.40 bits per heavy atom. The van der Waals surface area contributed by atoms with E-state index in [0.29, 0.717) is 0 Å². The molecular weight excluding hydrogens is 224 g/mol. The highest BCUT2D eigenvalue weighted by molar-refractivity contribution is 6.28. The average molecular weight is 237 g/mol. The van der Waals surface area contributed by atoms with Crippen LogP contribution in [-0.2, 0) is 14.3 Å². The molecule has 1 atom stereocenters. The number of carbonyl (C=O) groups is 3. The third-order valence-corrected chi connectivity index (χ3v) is 1.60. The lowest BCUT2D eigenvalue weighted by Crippen LogP contribution is -2.47. The molecule has 0 spiro atoms. The fourth-order valence-electron chi connectivity index (χ4n) is 0.719. The van der Waals surface area contributed by atoms with Gasteiger partial charge in [-0.25, -0.2) is 9.59 Å². The van der Waals surface area contributed by atoms with Gasteiger partial charge in [-0.2, -0.15) is 0 Å². The lowest BCUT2D eigenvalue weighted by atomic mass is 10.3. The molecule has 0 saturated carbocycles. The predicted octanol–water partition coefficient (Wildman–Crippen LogP) is 0.00260. The van der Waals surface area contributed by atoms with Crippen LogP contribution in [0.3, 0.4) is 0 Å². The maximum Gasteiger partial charge on any atom is 0.328 e. The van der Waals surface area contributed by atoms with Gasteiger partial charge < -0.3 is 10.1 Å². The van der Waals surface area contributed by atoms with Gasteiger partial charge in [0.2, 0.25) is 5.91 Å². The number of nitrogens with one attached hydrogen (secondary N) is 2. The third-order valence-electron chi connectivity index (χ3n) is 1.36. The van der Waals surface area contributed by atoms with E-state index in [2.05, 4.69) is 10.1 Å². The van der Waals surface area contributed by atoms with E-state index in [1.54, 1.807) is 6.92 Å². The van der Waals surface area contributed by atoms with Gasteiger partial charge in [0.25, 0.3) is 0 Å². The van der Waals surface area contributed by atoms with Crippen LogP contribution in [0.4, 0.5) is 4.79 Å². The van der Waals surface area contributed by atoms with Crippen LogP contribution in [0.5, 0.6) is 0 Å². The molecule has 0 aromatic rings. The molecule has 0 aliphatic rings. The Labute approximate surface area is 92.3 Å². The summed E-state index contributed by atoms with van der Waals surface area (Å²) in [5.41, 5.74) is 0. The van der Waals surface area contributed by atoms with Gasteiger partial charge in [0, 0.05) is 0 Å². The van der Waals surface area contributed by atoms with Crippen LogP contribution in [0.25, 0.3) is 0 Å².